The van der Waals surface area contributed by atoms with Gasteiger partial charge in [0.15, 0.2) is 5.76 Å². The molecule has 0 atom stereocenters. The van der Waals surface area contributed by atoms with Crippen LogP contribution in [0.5, 0.6) is 0 Å². The van der Waals surface area contributed by atoms with Gasteiger partial charge in [0.2, 0.25) is 0 Å². The molecular weight excluding hydrogens is 194 g/mol. The topological polar surface area (TPSA) is 67.2 Å². The molecule has 15 heavy (non-hydrogen) atoms. The molecule has 1 heterocycles. The summed E-state index contributed by atoms with van der Waals surface area (Å²) in [5, 5.41) is 9.21. The van der Waals surface area contributed by atoms with E-state index in [0.29, 0.717) is 18.3 Å². The largest absolute Gasteiger partial charge is 0.360 e. The minimum atomic E-state index is -0.127. The fourth-order valence-electron chi connectivity index (χ4n) is 1.81. The predicted octanol–water partition coefficient (Wildman–Crippen LogP) is 1.42. The first kappa shape index (κ1) is 10.0. The lowest BCUT2D eigenvalue weighted by Crippen LogP contribution is -2.40. The summed E-state index contributed by atoms with van der Waals surface area (Å²) < 4.78 is 4.86. The van der Waals surface area contributed by atoms with E-state index in [1.165, 1.54) is 12.8 Å². The van der Waals surface area contributed by atoms with Crippen molar-refractivity contribution < 1.29 is 9.32 Å². The van der Waals surface area contributed by atoms with Gasteiger partial charge in [-0.3, -0.25) is 0 Å². The third-order valence-electron chi connectivity index (χ3n) is 2.60. The average molecular weight is 209 g/mol. The molecule has 5 heteroatoms. The smallest absolute Gasteiger partial charge is 0.315 e. The van der Waals surface area contributed by atoms with Crippen LogP contribution >= 0.6 is 0 Å². The SMILES string of the molecule is O=C(NCc1ccno1)NC1CCCC1. The Hall–Kier alpha value is -1.52. The lowest BCUT2D eigenvalue weighted by atomic mass is 10.2. The third kappa shape index (κ3) is 2.97. The Labute approximate surface area is 88.2 Å². The van der Waals surface area contributed by atoms with Crippen molar-refractivity contribution >= 4 is 6.03 Å². The van der Waals surface area contributed by atoms with Crippen molar-refractivity contribution in [3.8, 4) is 0 Å². The number of hydrogen-bond donors (Lipinski definition) is 2. The number of rotatable bonds is 3. The Bertz CT molecular complexity index is 304. The van der Waals surface area contributed by atoms with Crippen LogP contribution < -0.4 is 10.6 Å². The van der Waals surface area contributed by atoms with Gasteiger partial charge in [-0.2, -0.15) is 0 Å². The molecule has 1 aliphatic rings. The summed E-state index contributed by atoms with van der Waals surface area (Å²) in [5.74, 6) is 0.663. The lowest BCUT2D eigenvalue weighted by Gasteiger charge is -2.11. The van der Waals surface area contributed by atoms with Crippen LogP contribution in [0, 0.1) is 0 Å². The molecule has 2 rings (SSSR count). The van der Waals surface area contributed by atoms with E-state index in [4.69, 9.17) is 4.52 Å². The maximum atomic E-state index is 11.4. The Morgan fingerprint density at radius 1 is 1.53 bits per heavy atom. The molecule has 82 valence electrons. The van der Waals surface area contributed by atoms with Gasteiger partial charge in [-0.05, 0) is 12.8 Å². The molecule has 1 fully saturated rings. The van der Waals surface area contributed by atoms with Crippen LogP contribution in [0.1, 0.15) is 31.4 Å². The highest BCUT2D eigenvalue weighted by molar-refractivity contribution is 5.74. The van der Waals surface area contributed by atoms with Crippen LogP contribution in [-0.4, -0.2) is 17.2 Å². The van der Waals surface area contributed by atoms with Crippen molar-refractivity contribution in [3.63, 3.8) is 0 Å². The fourth-order valence-corrected chi connectivity index (χ4v) is 1.81. The van der Waals surface area contributed by atoms with Crippen molar-refractivity contribution in [1.82, 2.24) is 15.8 Å². The van der Waals surface area contributed by atoms with Crippen LogP contribution in [0.2, 0.25) is 0 Å². The number of urea groups is 1. The van der Waals surface area contributed by atoms with E-state index in [9.17, 15) is 4.79 Å². The number of aromatic nitrogens is 1. The van der Waals surface area contributed by atoms with Crippen LogP contribution in [0.3, 0.4) is 0 Å². The van der Waals surface area contributed by atoms with Gasteiger partial charge in [0.1, 0.15) is 0 Å². The van der Waals surface area contributed by atoms with Gasteiger partial charge < -0.3 is 15.2 Å². The van der Waals surface area contributed by atoms with E-state index in [-0.39, 0.29) is 6.03 Å². The van der Waals surface area contributed by atoms with Gasteiger partial charge in [-0.15, -0.1) is 0 Å². The van der Waals surface area contributed by atoms with Crippen molar-refractivity contribution in [1.29, 1.82) is 0 Å². The van der Waals surface area contributed by atoms with E-state index in [1.807, 2.05) is 0 Å². The van der Waals surface area contributed by atoms with E-state index in [2.05, 4.69) is 15.8 Å². The molecule has 0 unspecified atom stereocenters. The highest BCUT2D eigenvalue weighted by Crippen LogP contribution is 2.17. The van der Waals surface area contributed by atoms with Crippen LogP contribution in [0.4, 0.5) is 4.79 Å². The maximum absolute atomic E-state index is 11.4. The molecule has 2 amide bonds. The molecule has 1 aromatic rings. The molecule has 1 aliphatic carbocycles. The first-order chi connectivity index (χ1) is 7.34. The van der Waals surface area contributed by atoms with Gasteiger partial charge in [-0.1, -0.05) is 18.0 Å². The number of nitrogens with one attached hydrogen (secondary N) is 2. The van der Waals surface area contributed by atoms with E-state index < -0.39 is 0 Å². The van der Waals surface area contributed by atoms with Gasteiger partial charge >= 0.3 is 6.03 Å². The van der Waals surface area contributed by atoms with E-state index >= 15 is 0 Å². The second-order valence-corrected chi connectivity index (χ2v) is 3.79. The minimum absolute atomic E-state index is 0.127. The highest BCUT2D eigenvalue weighted by atomic mass is 16.5. The van der Waals surface area contributed by atoms with Crippen molar-refractivity contribution in [2.75, 3.05) is 0 Å². The molecule has 0 saturated heterocycles. The summed E-state index contributed by atoms with van der Waals surface area (Å²) in [7, 11) is 0. The summed E-state index contributed by atoms with van der Waals surface area (Å²) >= 11 is 0. The van der Waals surface area contributed by atoms with Crippen molar-refractivity contribution in [2.45, 2.75) is 38.3 Å². The lowest BCUT2D eigenvalue weighted by molar-refractivity contribution is 0.235. The van der Waals surface area contributed by atoms with Crippen LogP contribution in [-0.2, 0) is 6.54 Å². The first-order valence-electron chi connectivity index (χ1n) is 5.28. The second-order valence-electron chi connectivity index (χ2n) is 3.79. The Kier molecular flexibility index (Phi) is 3.22. The summed E-state index contributed by atoms with van der Waals surface area (Å²) in [4.78, 5) is 11.4. The summed E-state index contributed by atoms with van der Waals surface area (Å²) in [5.41, 5.74) is 0. The van der Waals surface area contributed by atoms with Crippen molar-refractivity contribution in [3.05, 3.63) is 18.0 Å². The molecule has 5 nitrogen and oxygen atoms in total. The number of nitrogens with zero attached hydrogens (tertiary/aromatic N) is 1. The number of carbonyl (C=O) groups is 1. The van der Waals surface area contributed by atoms with Gasteiger partial charge in [0.25, 0.3) is 0 Å². The quantitative estimate of drug-likeness (QED) is 0.791. The normalized spacial score (nSPS) is 16.5. The molecule has 1 saturated carbocycles. The molecule has 1 aromatic heterocycles. The third-order valence-corrected chi connectivity index (χ3v) is 2.60. The first-order valence-corrected chi connectivity index (χ1v) is 5.28. The average Bonchev–Trinajstić information content (AvgIpc) is 2.86. The molecule has 0 spiro atoms. The zero-order valence-electron chi connectivity index (χ0n) is 8.53. The molecular formula is C10H15N3O2. The molecule has 0 bridgehead atoms. The van der Waals surface area contributed by atoms with Gasteiger partial charge in [0.05, 0.1) is 12.7 Å². The molecule has 0 radical (unpaired) electrons. The summed E-state index contributed by atoms with van der Waals surface area (Å²) in [6.07, 6.45) is 6.18. The van der Waals surface area contributed by atoms with Crippen molar-refractivity contribution in [2.24, 2.45) is 0 Å². The maximum Gasteiger partial charge on any atom is 0.315 e. The molecule has 0 aliphatic heterocycles. The number of carbonyl (C=O) groups excluding carboxylic acids is 1. The Morgan fingerprint density at radius 2 is 2.33 bits per heavy atom. The predicted molar refractivity (Wildman–Crippen MR) is 54.1 cm³/mol. The molecule has 2 N–H and O–H groups in total. The zero-order valence-corrected chi connectivity index (χ0v) is 8.53. The minimum Gasteiger partial charge on any atom is -0.360 e. The van der Waals surface area contributed by atoms with Gasteiger partial charge in [0, 0.05) is 12.1 Å². The van der Waals surface area contributed by atoms with E-state index in [0.717, 1.165) is 12.8 Å². The van der Waals surface area contributed by atoms with Crippen LogP contribution in [0.25, 0.3) is 0 Å². The zero-order chi connectivity index (χ0) is 10.5. The standard InChI is InChI=1S/C10H15N3O2/c14-10(13-8-3-1-2-4-8)11-7-9-5-6-12-15-9/h5-6,8H,1-4,7H2,(H2,11,13,14). The summed E-state index contributed by atoms with van der Waals surface area (Å²) in [6.45, 7) is 0.387. The highest BCUT2D eigenvalue weighted by Gasteiger charge is 2.16. The Balaban J connectivity index is 1.68. The summed E-state index contributed by atoms with van der Waals surface area (Å²) in [6, 6.07) is 1.95. The number of hydrogen-bond acceptors (Lipinski definition) is 3. The van der Waals surface area contributed by atoms with Gasteiger partial charge in [-0.25, -0.2) is 4.79 Å². The second kappa shape index (κ2) is 4.82. The molecule has 0 aromatic carbocycles. The fraction of sp³-hybridized carbons (Fsp3) is 0.600. The van der Waals surface area contributed by atoms with Crippen LogP contribution in [0.15, 0.2) is 16.8 Å². The number of amides is 2. The monoisotopic (exact) mass is 209 g/mol. The Morgan fingerprint density at radius 3 is 3.00 bits per heavy atom. The van der Waals surface area contributed by atoms with E-state index in [1.54, 1.807) is 12.3 Å².